The van der Waals surface area contributed by atoms with Crippen LogP contribution in [0.4, 0.5) is 5.69 Å². The third-order valence-electron chi connectivity index (χ3n) is 4.57. The maximum absolute atomic E-state index is 12.6. The lowest BCUT2D eigenvalue weighted by Gasteiger charge is -2.29. The van der Waals surface area contributed by atoms with Crippen LogP contribution in [-0.2, 0) is 4.79 Å². The highest BCUT2D eigenvalue weighted by Crippen LogP contribution is 2.19. The van der Waals surface area contributed by atoms with Crippen molar-refractivity contribution in [3.8, 4) is 0 Å². The number of rotatable bonds is 11. The number of nitrogens with one attached hydrogen (secondary N) is 1. The molecule has 1 amide bonds. The second-order valence-electron chi connectivity index (χ2n) is 7.54. The zero-order valence-corrected chi connectivity index (χ0v) is 17.4. The first-order valence-corrected chi connectivity index (χ1v) is 9.75. The van der Waals surface area contributed by atoms with E-state index in [0.717, 1.165) is 36.4 Å². The minimum Gasteiger partial charge on any atom is -0.390 e. The molecule has 1 atom stereocenters. The average molecular weight is 364 g/mol. The molecular weight excluding hydrogens is 326 g/mol. The van der Waals surface area contributed by atoms with Crippen LogP contribution in [-0.4, -0.2) is 66.2 Å². The fraction of sp³-hybridized carbons (Fsp3) is 0.667. The van der Waals surface area contributed by atoms with Crippen LogP contribution < -0.4 is 5.32 Å². The lowest BCUT2D eigenvalue weighted by atomic mass is 10.1. The highest BCUT2D eigenvalue weighted by atomic mass is 16.3. The van der Waals surface area contributed by atoms with Crippen LogP contribution in [0.5, 0.6) is 0 Å². The summed E-state index contributed by atoms with van der Waals surface area (Å²) in [5, 5.41) is 13.5. The lowest BCUT2D eigenvalue weighted by Crippen LogP contribution is -2.44. The molecule has 1 aromatic rings. The number of benzene rings is 1. The zero-order chi connectivity index (χ0) is 19.7. The molecule has 0 unspecified atom stereocenters. The Balaban J connectivity index is 2.69. The van der Waals surface area contributed by atoms with Crippen molar-refractivity contribution in [3.63, 3.8) is 0 Å². The fourth-order valence-corrected chi connectivity index (χ4v) is 3.25. The zero-order valence-electron chi connectivity index (χ0n) is 17.4. The molecule has 0 aromatic heterocycles. The number of carbonyl (C=O) groups excluding carboxylic acids is 1. The molecule has 148 valence electrons. The number of anilines is 1. The number of amides is 1. The molecule has 0 saturated carbocycles. The van der Waals surface area contributed by atoms with Gasteiger partial charge in [0, 0.05) is 25.3 Å². The van der Waals surface area contributed by atoms with Crippen molar-refractivity contribution in [2.45, 2.75) is 47.6 Å². The van der Waals surface area contributed by atoms with E-state index < -0.39 is 6.10 Å². The van der Waals surface area contributed by atoms with Crippen molar-refractivity contribution in [1.29, 1.82) is 0 Å². The van der Waals surface area contributed by atoms with Gasteiger partial charge in [-0.25, -0.2) is 0 Å². The molecule has 5 nitrogen and oxygen atoms in total. The van der Waals surface area contributed by atoms with Crippen LogP contribution in [0.15, 0.2) is 18.2 Å². The van der Waals surface area contributed by atoms with E-state index in [9.17, 15) is 9.90 Å². The third kappa shape index (κ3) is 7.85. The highest BCUT2D eigenvalue weighted by Gasteiger charge is 2.18. The number of hydrogen-bond donors (Lipinski definition) is 2. The van der Waals surface area contributed by atoms with Crippen molar-refractivity contribution in [2.75, 3.05) is 44.6 Å². The molecule has 0 bridgehead atoms. The van der Waals surface area contributed by atoms with Crippen molar-refractivity contribution in [3.05, 3.63) is 29.3 Å². The third-order valence-corrected chi connectivity index (χ3v) is 4.57. The molecule has 0 saturated heterocycles. The van der Waals surface area contributed by atoms with E-state index in [0.29, 0.717) is 25.6 Å². The van der Waals surface area contributed by atoms with Crippen molar-refractivity contribution >= 4 is 11.6 Å². The first-order valence-electron chi connectivity index (χ1n) is 9.75. The van der Waals surface area contributed by atoms with Crippen LogP contribution >= 0.6 is 0 Å². The topological polar surface area (TPSA) is 55.8 Å². The second kappa shape index (κ2) is 11.3. The number of aryl methyl sites for hydroxylation is 2. The molecule has 0 aliphatic carbocycles. The van der Waals surface area contributed by atoms with E-state index in [4.69, 9.17) is 0 Å². The van der Waals surface area contributed by atoms with Gasteiger partial charge < -0.3 is 15.3 Å². The lowest BCUT2D eigenvalue weighted by molar-refractivity contribution is -0.117. The van der Waals surface area contributed by atoms with Crippen LogP contribution in [0.2, 0.25) is 0 Å². The minimum absolute atomic E-state index is 0.0295. The molecule has 0 heterocycles. The Morgan fingerprint density at radius 2 is 1.58 bits per heavy atom. The molecule has 2 N–H and O–H groups in total. The summed E-state index contributed by atoms with van der Waals surface area (Å²) >= 11 is 0. The van der Waals surface area contributed by atoms with E-state index in [1.807, 2.05) is 32.0 Å². The fourth-order valence-electron chi connectivity index (χ4n) is 3.25. The Kier molecular flexibility index (Phi) is 9.84. The van der Waals surface area contributed by atoms with Crippen molar-refractivity contribution < 1.29 is 9.90 Å². The van der Waals surface area contributed by atoms with Crippen LogP contribution in [0.3, 0.4) is 0 Å². The summed E-state index contributed by atoms with van der Waals surface area (Å²) in [5.74, 6) is 0.404. The van der Waals surface area contributed by atoms with Crippen LogP contribution in [0.1, 0.15) is 38.8 Å². The number of carbonyl (C=O) groups is 1. The summed E-state index contributed by atoms with van der Waals surface area (Å²) < 4.78 is 0. The monoisotopic (exact) mass is 363 g/mol. The summed E-state index contributed by atoms with van der Waals surface area (Å²) in [6, 6.07) is 6.00. The minimum atomic E-state index is -0.457. The maximum Gasteiger partial charge on any atom is 0.238 e. The standard InChI is InChI=1S/C21H37N3O2/c1-7-23(8-2)13-19(25)14-24(12-16(3)4)15-20(26)22-21-17(5)10-9-11-18(21)6/h9-11,16,19,25H,7-8,12-15H2,1-6H3,(H,22,26)/t19-/m1/s1. The van der Waals surface area contributed by atoms with Gasteiger partial charge in [0.15, 0.2) is 0 Å². The molecular formula is C21H37N3O2. The summed E-state index contributed by atoms with van der Waals surface area (Å²) in [4.78, 5) is 16.8. The number of likely N-dealkylation sites (N-methyl/N-ethyl adjacent to an activating group) is 1. The average Bonchev–Trinajstić information content (AvgIpc) is 2.55. The van der Waals surface area contributed by atoms with E-state index in [2.05, 4.69) is 42.8 Å². The quantitative estimate of drug-likeness (QED) is 0.635. The summed E-state index contributed by atoms with van der Waals surface area (Å²) in [5.41, 5.74) is 3.02. The Morgan fingerprint density at radius 3 is 2.08 bits per heavy atom. The highest BCUT2D eigenvalue weighted by molar-refractivity contribution is 5.93. The van der Waals surface area contributed by atoms with E-state index in [-0.39, 0.29) is 5.91 Å². The van der Waals surface area contributed by atoms with Gasteiger partial charge in [-0.1, -0.05) is 45.9 Å². The summed E-state index contributed by atoms with van der Waals surface area (Å²) in [6.45, 7) is 16.5. The first kappa shape index (κ1) is 22.6. The van der Waals surface area contributed by atoms with E-state index >= 15 is 0 Å². The molecule has 1 aromatic carbocycles. The predicted octanol–water partition coefficient (Wildman–Crippen LogP) is 2.90. The molecule has 0 aliphatic heterocycles. The van der Waals surface area contributed by atoms with Crippen LogP contribution in [0.25, 0.3) is 0 Å². The van der Waals surface area contributed by atoms with Gasteiger partial charge in [0.25, 0.3) is 0 Å². The van der Waals surface area contributed by atoms with Gasteiger partial charge >= 0.3 is 0 Å². The first-order chi connectivity index (χ1) is 12.3. The van der Waals surface area contributed by atoms with Gasteiger partial charge in [-0.3, -0.25) is 9.69 Å². The van der Waals surface area contributed by atoms with Crippen molar-refractivity contribution in [1.82, 2.24) is 9.80 Å². The molecule has 0 radical (unpaired) electrons. The molecule has 1 rings (SSSR count). The molecule has 0 aliphatic rings. The smallest absolute Gasteiger partial charge is 0.238 e. The second-order valence-corrected chi connectivity index (χ2v) is 7.54. The largest absolute Gasteiger partial charge is 0.390 e. The van der Waals surface area contributed by atoms with Gasteiger partial charge in [-0.15, -0.1) is 0 Å². The van der Waals surface area contributed by atoms with Crippen molar-refractivity contribution in [2.24, 2.45) is 5.92 Å². The van der Waals surface area contributed by atoms with E-state index in [1.54, 1.807) is 0 Å². The molecule has 26 heavy (non-hydrogen) atoms. The number of aliphatic hydroxyl groups excluding tert-OH is 1. The van der Waals surface area contributed by atoms with Gasteiger partial charge in [0.1, 0.15) is 0 Å². The van der Waals surface area contributed by atoms with Gasteiger partial charge in [0.05, 0.1) is 12.6 Å². The summed E-state index contributed by atoms with van der Waals surface area (Å²) in [6.07, 6.45) is -0.457. The molecule has 0 spiro atoms. The molecule has 0 fully saturated rings. The summed E-state index contributed by atoms with van der Waals surface area (Å²) in [7, 11) is 0. The Bertz CT molecular complexity index is 536. The SMILES string of the molecule is CCN(CC)C[C@@H](O)CN(CC(=O)Nc1c(C)cccc1C)CC(C)C. The number of aliphatic hydroxyl groups is 1. The van der Waals surface area contributed by atoms with Gasteiger partial charge in [-0.2, -0.15) is 0 Å². The van der Waals surface area contributed by atoms with Gasteiger partial charge in [-0.05, 0) is 44.0 Å². The number of nitrogens with zero attached hydrogens (tertiary/aromatic N) is 2. The Labute approximate surface area is 159 Å². The van der Waals surface area contributed by atoms with Crippen LogP contribution in [0, 0.1) is 19.8 Å². The normalized spacial score (nSPS) is 12.8. The number of para-hydroxylation sites is 1. The maximum atomic E-state index is 12.6. The number of hydrogen-bond acceptors (Lipinski definition) is 4. The predicted molar refractivity (Wildman–Crippen MR) is 110 cm³/mol. The molecule has 5 heteroatoms. The Morgan fingerprint density at radius 1 is 1.04 bits per heavy atom. The Hall–Kier alpha value is -1.43. The van der Waals surface area contributed by atoms with E-state index in [1.165, 1.54) is 0 Å². The van der Waals surface area contributed by atoms with Gasteiger partial charge in [0.2, 0.25) is 5.91 Å².